The molecule has 8 heteroatoms. The van der Waals surface area contributed by atoms with Crippen LogP contribution < -0.4 is 0 Å². The van der Waals surface area contributed by atoms with Crippen LogP contribution in [0.1, 0.15) is 17.5 Å². The second kappa shape index (κ2) is 7.44. The summed E-state index contributed by atoms with van der Waals surface area (Å²) >= 11 is 1.37. The largest absolute Gasteiger partial charge is 0.341 e. The molecule has 1 amide bonds. The molecule has 1 atom stereocenters. The topological polar surface area (TPSA) is 72.3 Å². The number of thioether (sulfide) groups is 1. The van der Waals surface area contributed by atoms with Crippen LogP contribution in [0.5, 0.6) is 0 Å². The fraction of sp³-hybridized carbons (Fsp3) is 0.444. The minimum Gasteiger partial charge on any atom is -0.341 e. The number of imidazole rings is 1. The smallest absolute Gasteiger partial charge is 0.233 e. The third-order valence-electron chi connectivity index (χ3n) is 4.92. The summed E-state index contributed by atoms with van der Waals surface area (Å²) in [7, 11) is -1.31. The fourth-order valence-corrected chi connectivity index (χ4v) is 5.75. The van der Waals surface area contributed by atoms with E-state index >= 15 is 0 Å². The highest BCUT2D eigenvalue weighted by atomic mass is 32.2. The number of sulfone groups is 1. The van der Waals surface area contributed by atoms with Crippen LogP contribution in [0.15, 0.2) is 35.7 Å². The van der Waals surface area contributed by atoms with E-state index < -0.39 is 9.84 Å². The van der Waals surface area contributed by atoms with Gasteiger partial charge in [-0.05, 0) is 37.5 Å². The Labute approximate surface area is 158 Å². The van der Waals surface area contributed by atoms with Crippen LogP contribution in [0.2, 0.25) is 0 Å². The molecule has 0 saturated carbocycles. The summed E-state index contributed by atoms with van der Waals surface area (Å²) in [6.07, 6.45) is 4.13. The minimum atomic E-state index is -3.00. The Hall–Kier alpha value is -1.80. The van der Waals surface area contributed by atoms with E-state index in [2.05, 4.69) is 24.9 Å². The van der Waals surface area contributed by atoms with E-state index in [9.17, 15) is 13.2 Å². The van der Waals surface area contributed by atoms with Crippen LogP contribution in [0.25, 0.3) is 5.69 Å². The molecule has 3 rings (SSSR count). The average molecular weight is 394 g/mol. The van der Waals surface area contributed by atoms with Gasteiger partial charge in [0.2, 0.25) is 5.91 Å². The lowest BCUT2D eigenvalue weighted by molar-refractivity contribution is -0.128. The Morgan fingerprint density at radius 2 is 2.15 bits per heavy atom. The Kier molecular flexibility index (Phi) is 5.43. The van der Waals surface area contributed by atoms with Crippen molar-refractivity contribution in [3.05, 3.63) is 41.7 Å². The number of amides is 1. The Balaban J connectivity index is 1.69. The standard InChI is InChI=1S/C18H23N3O3S2/c1-13-5-4-6-16(14(13)2)21-9-8-19-18(21)25-11-17(22)20(3)15-7-10-26(23,24)12-15/h4-6,8-9,15H,7,10-12H2,1-3H3. The highest BCUT2D eigenvalue weighted by Gasteiger charge is 2.32. The summed E-state index contributed by atoms with van der Waals surface area (Å²) in [4.78, 5) is 18.4. The summed E-state index contributed by atoms with van der Waals surface area (Å²) in [5, 5.41) is 0.750. The van der Waals surface area contributed by atoms with E-state index in [0.717, 1.165) is 10.8 Å². The molecule has 1 saturated heterocycles. The number of benzene rings is 1. The van der Waals surface area contributed by atoms with Gasteiger partial charge in [0.25, 0.3) is 0 Å². The van der Waals surface area contributed by atoms with Crippen LogP contribution in [0.3, 0.4) is 0 Å². The van der Waals surface area contributed by atoms with Crippen molar-refractivity contribution in [2.75, 3.05) is 24.3 Å². The molecule has 26 heavy (non-hydrogen) atoms. The first-order valence-corrected chi connectivity index (χ1v) is 11.3. The zero-order valence-corrected chi connectivity index (χ0v) is 16.8. The van der Waals surface area contributed by atoms with Gasteiger partial charge in [0.05, 0.1) is 22.9 Å². The van der Waals surface area contributed by atoms with Crippen molar-refractivity contribution >= 4 is 27.5 Å². The Bertz CT molecular complexity index is 922. The predicted molar refractivity (Wildman–Crippen MR) is 104 cm³/mol. The van der Waals surface area contributed by atoms with Crippen LogP contribution in [0, 0.1) is 13.8 Å². The maximum atomic E-state index is 12.5. The zero-order chi connectivity index (χ0) is 18.9. The summed E-state index contributed by atoms with van der Waals surface area (Å²) in [6.45, 7) is 4.13. The van der Waals surface area contributed by atoms with Crippen LogP contribution >= 0.6 is 11.8 Å². The van der Waals surface area contributed by atoms with E-state index in [1.54, 1.807) is 18.1 Å². The van der Waals surface area contributed by atoms with Crippen molar-refractivity contribution in [3.8, 4) is 5.69 Å². The summed E-state index contributed by atoms with van der Waals surface area (Å²) in [5.41, 5.74) is 3.42. The number of carbonyl (C=O) groups excluding carboxylic acids is 1. The van der Waals surface area contributed by atoms with Crippen molar-refractivity contribution in [1.29, 1.82) is 0 Å². The number of aryl methyl sites for hydroxylation is 1. The van der Waals surface area contributed by atoms with Crippen LogP contribution in [-0.2, 0) is 14.6 Å². The lowest BCUT2D eigenvalue weighted by Crippen LogP contribution is -2.38. The molecule has 1 unspecified atom stereocenters. The van der Waals surface area contributed by atoms with Crippen molar-refractivity contribution in [2.24, 2.45) is 0 Å². The lowest BCUT2D eigenvalue weighted by atomic mass is 10.1. The predicted octanol–water partition coefficient (Wildman–Crippen LogP) is 2.23. The lowest BCUT2D eigenvalue weighted by Gasteiger charge is -2.23. The first kappa shape index (κ1) is 19.0. The summed E-state index contributed by atoms with van der Waals surface area (Å²) < 4.78 is 25.2. The second-order valence-corrected chi connectivity index (χ2v) is 9.82. The molecule has 0 aliphatic carbocycles. The van der Waals surface area contributed by atoms with Crippen molar-refractivity contribution in [1.82, 2.24) is 14.5 Å². The molecule has 1 fully saturated rings. The maximum Gasteiger partial charge on any atom is 0.233 e. The molecule has 1 aliphatic heterocycles. The van der Waals surface area contributed by atoms with Crippen molar-refractivity contribution in [2.45, 2.75) is 31.5 Å². The van der Waals surface area contributed by atoms with E-state index in [0.29, 0.717) is 6.42 Å². The maximum absolute atomic E-state index is 12.5. The average Bonchev–Trinajstić information content (AvgIpc) is 3.20. The normalized spacial score (nSPS) is 18.8. The minimum absolute atomic E-state index is 0.0665. The number of rotatable bonds is 5. The molecule has 0 bridgehead atoms. The highest BCUT2D eigenvalue weighted by molar-refractivity contribution is 7.99. The van der Waals surface area contributed by atoms with Gasteiger partial charge in [-0.1, -0.05) is 23.9 Å². The molecule has 2 aromatic rings. The molecule has 2 heterocycles. The van der Waals surface area contributed by atoms with Crippen LogP contribution in [-0.4, -0.2) is 59.1 Å². The highest BCUT2D eigenvalue weighted by Crippen LogP contribution is 2.25. The van der Waals surface area contributed by atoms with Crippen molar-refractivity contribution in [3.63, 3.8) is 0 Å². The van der Waals surface area contributed by atoms with Gasteiger partial charge in [-0.3, -0.25) is 9.36 Å². The molecule has 140 valence electrons. The van der Waals surface area contributed by atoms with Gasteiger partial charge in [-0.15, -0.1) is 0 Å². The SMILES string of the molecule is Cc1cccc(-n2ccnc2SCC(=O)N(C)C2CCS(=O)(=O)C2)c1C. The Morgan fingerprint density at radius 3 is 2.85 bits per heavy atom. The molecule has 6 nitrogen and oxygen atoms in total. The van der Waals surface area contributed by atoms with Gasteiger partial charge < -0.3 is 4.90 Å². The van der Waals surface area contributed by atoms with Gasteiger partial charge in [-0.2, -0.15) is 0 Å². The first-order chi connectivity index (χ1) is 12.3. The van der Waals surface area contributed by atoms with Crippen molar-refractivity contribution < 1.29 is 13.2 Å². The molecule has 1 aromatic heterocycles. The molecule has 0 radical (unpaired) electrons. The first-order valence-electron chi connectivity index (χ1n) is 8.47. The van der Waals surface area contributed by atoms with Gasteiger partial charge in [0, 0.05) is 25.5 Å². The second-order valence-electron chi connectivity index (χ2n) is 6.65. The monoisotopic (exact) mass is 393 g/mol. The van der Waals surface area contributed by atoms with Gasteiger partial charge in [0.15, 0.2) is 15.0 Å². The third kappa shape index (κ3) is 3.96. The molecular formula is C18H23N3O3S2. The van der Waals surface area contributed by atoms with Gasteiger partial charge >= 0.3 is 0 Å². The van der Waals surface area contributed by atoms with Crippen LogP contribution in [0.4, 0.5) is 0 Å². The summed E-state index contributed by atoms with van der Waals surface area (Å²) in [6, 6.07) is 5.89. The molecule has 0 N–H and O–H groups in total. The molecular weight excluding hydrogens is 370 g/mol. The molecule has 1 aliphatic rings. The molecule has 0 spiro atoms. The number of aromatic nitrogens is 2. The Morgan fingerprint density at radius 1 is 1.38 bits per heavy atom. The fourth-order valence-electron chi connectivity index (χ4n) is 3.09. The zero-order valence-electron chi connectivity index (χ0n) is 15.2. The quantitative estimate of drug-likeness (QED) is 0.729. The number of nitrogens with zero attached hydrogens (tertiary/aromatic N) is 3. The van der Waals surface area contributed by atoms with E-state index in [1.807, 2.05) is 22.9 Å². The van der Waals surface area contributed by atoms with E-state index in [1.165, 1.54) is 22.9 Å². The third-order valence-corrected chi connectivity index (χ3v) is 7.62. The number of carbonyl (C=O) groups is 1. The van der Waals surface area contributed by atoms with E-state index in [4.69, 9.17) is 0 Å². The van der Waals surface area contributed by atoms with E-state index in [-0.39, 0.29) is 29.2 Å². The van der Waals surface area contributed by atoms with Gasteiger partial charge in [-0.25, -0.2) is 13.4 Å². The number of hydrogen-bond acceptors (Lipinski definition) is 5. The molecule has 1 aromatic carbocycles. The number of hydrogen-bond donors (Lipinski definition) is 0. The summed E-state index contributed by atoms with van der Waals surface area (Å²) in [5.74, 6) is 0.387. The van der Waals surface area contributed by atoms with Gasteiger partial charge in [0.1, 0.15) is 0 Å².